The predicted octanol–water partition coefficient (Wildman–Crippen LogP) is 0.655. The maximum atomic E-state index is 12.1. The molecular weight excluding hydrogens is 278 g/mol. The Hall–Kier alpha value is -2.05. The SMILES string of the molecule is O=C(NCCCN1CCNCC1)c1cnc2ccccc2n1. The smallest absolute Gasteiger partial charge is 0.271 e. The summed E-state index contributed by atoms with van der Waals surface area (Å²) in [5.74, 6) is -0.154. The van der Waals surface area contributed by atoms with Crippen molar-refractivity contribution in [3.63, 3.8) is 0 Å². The molecule has 2 heterocycles. The highest BCUT2D eigenvalue weighted by atomic mass is 16.1. The normalized spacial score (nSPS) is 15.8. The molecule has 6 nitrogen and oxygen atoms in total. The first kappa shape index (κ1) is 14.9. The van der Waals surface area contributed by atoms with Gasteiger partial charge in [-0.15, -0.1) is 0 Å². The van der Waals surface area contributed by atoms with E-state index >= 15 is 0 Å². The molecule has 0 bridgehead atoms. The number of fused-ring (bicyclic) bond motifs is 1. The summed E-state index contributed by atoms with van der Waals surface area (Å²) in [4.78, 5) is 23.1. The van der Waals surface area contributed by atoms with Crippen LogP contribution in [-0.4, -0.2) is 60.0 Å². The van der Waals surface area contributed by atoms with E-state index in [9.17, 15) is 4.79 Å². The monoisotopic (exact) mass is 299 g/mol. The van der Waals surface area contributed by atoms with Crippen LogP contribution in [0.25, 0.3) is 11.0 Å². The topological polar surface area (TPSA) is 70.2 Å². The molecule has 3 rings (SSSR count). The van der Waals surface area contributed by atoms with Gasteiger partial charge >= 0.3 is 0 Å². The molecule has 1 saturated heterocycles. The van der Waals surface area contributed by atoms with Crippen molar-refractivity contribution in [2.45, 2.75) is 6.42 Å². The van der Waals surface area contributed by atoms with E-state index in [1.54, 1.807) is 0 Å². The van der Waals surface area contributed by atoms with Crippen molar-refractivity contribution < 1.29 is 4.79 Å². The van der Waals surface area contributed by atoms with E-state index in [0.29, 0.717) is 12.2 Å². The Morgan fingerprint density at radius 2 is 2.00 bits per heavy atom. The van der Waals surface area contributed by atoms with Crippen LogP contribution < -0.4 is 10.6 Å². The van der Waals surface area contributed by atoms with Crippen LogP contribution >= 0.6 is 0 Å². The second-order valence-corrected chi connectivity index (χ2v) is 5.45. The molecule has 0 unspecified atom stereocenters. The van der Waals surface area contributed by atoms with E-state index in [-0.39, 0.29) is 5.91 Å². The number of carbonyl (C=O) groups is 1. The number of nitrogens with one attached hydrogen (secondary N) is 2. The summed E-state index contributed by atoms with van der Waals surface area (Å²) in [6.45, 7) is 5.97. The number of nitrogens with zero attached hydrogens (tertiary/aromatic N) is 3. The molecule has 1 aliphatic rings. The van der Waals surface area contributed by atoms with Crippen LogP contribution in [0.5, 0.6) is 0 Å². The predicted molar refractivity (Wildman–Crippen MR) is 85.8 cm³/mol. The lowest BCUT2D eigenvalue weighted by atomic mass is 10.3. The molecule has 0 saturated carbocycles. The lowest BCUT2D eigenvalue weighted by molar-refractivity contribution is 0.0946. The van der Waals surface area contributed by atoms with Gasteiger partial charge in [0, 0.05) is 32.7 Å². The molecule has 6 heteroatoms. The minimum atomic E-state index is -0.154. The Bertz CT molecular complexity index is 639. The van der Waals surface area contributed by atoms with Crippen molar-refractivity contribution in [2.75, 3.05) is 39.3 Å². The van der Waals surface area contributed by atoms with Gasteiger partial charge in [-0.1, -0.05) is 12.1 Å². The summed E-state index contributed by atoms with van der Waals surface area (Å²) in [5.41, 5.74) is 1.93. The highest BCUT2D eigenvalue weighted by molar-refractivity contribution is 5.93. The zero-order chi connectivity index (χ0) is 15.2. The summed E-state index contributed by atoms with van der Waals surface area (Å²) >= 11 is 0. The molecule has 0 radical (unpaired) electrons. The molecule has 2 aromatic rings. The fraction of sp³-hybridized carbons (Fsp3) is 0.438. The van der Waals surface area contributed by atoms with E-state index < -0.39 is 0 Å². The van der Waals surface area contributed by atoms with E-state index in [2.05, 4.69) is 25.5 Å². The van der Waals surface area contributed by atoms with Crippen LogP contribution in [-0.2, 0) is 0 Å². The molecule has 1 aromatic heterocycles. The lowest BCUT2D eigenvalue weighted by Crippen LogP contribution is -2.44. The molecule has 0 spiro atoms. The van der Waals surface area contributed by atoms with Gasteiger partial charge in [0.2, 0.25) is 0 Å². The van der Waals surface area contributed by atoms with Crippen LogP contribution in [0.2, 0.25) is 0 Å². The third-order valence-electron chi connectivity index (χ3n) is 3.83. The van der Waals surface area contributed by atoms with Gasteiger partial charge in [0.15, 0.2) is 0 Å². The Morgan fingerprint density at radius 3 is 2.82 bits per heavy atom. The average molecular weight is 299 g/mol. The summed E-state index contributed by atoms with van der Waals surface area (Å²) in [6, 6.07) is 7.56. The van der Waals surface area contributed by atoms with Gasteiger partial charge in [0.25, 0.3) is 5.91 Å². The highest BCUT2D eigenvalue weighted by Crippen LogP contribution is 2.08. The molecule has 1 fully saturated rings. The second-order valence-electron chi connectivity index (χ2n) is 5.45. The fourth-order valence-electron chi connectivity index (χ4n) is 2.60. The molecule has 0 aliphatic carbocycles. The van der Waals surface area contributed by atoms with Crippen LogP contribution in [0.1, 0.15) is 16.9 Å². The molecule has 2 N–H and O–H groups in total. The zero-order valence-electron chi connectivity index (χ0n) is 12.6. The first-order valence-electron chi connectivity index (χ1n) is 7.76. The average Bonchev–Trinajstić information content (AvgIpc) is 2.59. The number of hydrogen-bond donors (Lipinski definition) is 2. The Balaban J connectivity index is 1.48. The summed E-state index contributed by atoms with van der Waals surface area (Å²) in [7, 11) is 0. The van der Waals surface area contributed by atoms with Crippen molar-refractivity contribution in [2.24, 2.45) is 0 Å². The van der Waals surface area contributed by atoms with Crippen LogP contribution in [0, 0.1) is 0 Å². The van der Waals surface area contributed by atoms with E-state index in [4.69, 9.17) is 0 Å². The van der Waals surface area contributed by atoms with Gasteiger partial charge < -0.3 is 15.5 Å². The molecule has 116 valence electrons. The minimum Gasteiger partial charge on any atom is -0.351 e. The largest absolute Gasteiger partial charge is 0.351 e. The Kier molecular flexibility index (Phi) is 4.92. The molecule has 1 amide bonds. The van der Waals surface area contributed by atoms with Crippen molar-refractivity contribution in [1.29, 1.82) is 0 Å². The van der Waals surface area contributed by atoms with Crippen molar-refractivity contribution >= 4 is 16.9 Å². The summed E-state index contributed by atoms with van der Waals surface area (Å²) < 4.78 is 0. The van der Waals surface area contributed by atoms with E-state index in [0.717, 1.165) is 50.2 Å². The van der Waals surface area contributed by atoms with Crippen LogP contribution in [0.4, 0.5) is 0 Å². The van der Waals surface area contributed by atoms with Gasteiger partial charge in [-0.3, -0.25) is 9.78 Å². The van der Waals surface area contributed by atoms with Gasteiger partial charge in [0.05, 0.1) is 17.2 Å². The summed E-state index contributed by atoms with van der Waals surface area (Å²) in [6.07, 6.45) is 2.49. The third-order valence-corrected chi connectivity index (χ3v) is 3.83. The first-order valence-corrected chi connectivity index (χ1v) is 7.76. The van der Waals surface area contributed by atoms with Crippen molar-refractivity contribution in [1.82, 2.24) is 25.5 Å². The number of carbonyl (C=O) groups excluding carboxylic acids is 1. The maximum absolute atomic E-state index is 12.1. The minimum absolute atomic E-state index is 0.154. The number of para-hydroxylation sites is 2. The lowest BCUT2D eigenvalue weighted by Gasteiger charge is -2.27. The first-order chi connectivity index (χ1) is 10.8. The van der Waals surface area contributed by atoms with Gasteiger partial charge in [-0.2, -0.15) is 0 Å². The molecule has 22 heavy (non-hydrogen) atoms. The Morgan fingerprint density at radius 1 is 1.23 bits per heavy atom. The van der Waals surface area contributed by atoms with Crippen molar-refractivity contribution in [3.8, 4) is 0 Å². The van der Waals surface area contributed by atoms with Crippen LogP contribution in [0.15, 0.2) is 30.5 Å². The number of aromatic nitrogens is 2. The van der Waals surface area contributed by atoms with Gasteiger partial charge in [-0.05, 0) is 25.1 Å². The number of hydrogen-bond acceptors (Lipinski definition) is 5. The van der Waals surface area contributed by atoms with E-state index in [1.165, 1.54) is 6.20 Å². The number of amides is 1. The highest BCUT2D eigenvalue weighted by Gasteiger charge is 2.10. The molecule has 1 aliphatic heterocycles. The maximum Gasteiger partial charge on any atom is 0.271 e. The summed E-state index contributed by atoms with van der Waals surface area (Å²) in [5, 5.41) is 6.25. The van der Waals surface area contributed by atoms with Gasteiger partial charge in [-0.25, -0.2) is 4.98 Å². The Labute approximate surface area is 129 Å². The van der Waals surface area contributed by atoms with Crippen LogP contribution in [0.3, 0.4) is 0 Å². The zero-order valence-corrected chi connectivity index (χ0v) is 12.6. The van der Waals surface area contributed by atoms with Crippen molar-refractivity contribution in [3.05, 3.63) is 36.2 Å². The fourth-order valence-corrected chi connectivity index (χ4v) is 2.60. The van der Waals surface area contributed by atoms with E-state index in [1.807, 2.05) is 24.3 Å². The quantitative estimate of drug-likeness (QED) is 0.794. The molecule has 0 atom stereocenters. The molecular formula is C16H21N5O. The van der Waals surface area contributed by atoms with Gasteiger partial charge in [0.1, 0.15) is 5.69 Å². The standard InChI is InChI=1S/C16H21N5O/c22-16(18-6-3-9-21-10-7-17-8-11-21)15-12-19-13-4-1-2-5-14(13)20-15/h1-2,4-5,12,17H,3,6-11H2,(H,18,22). The second kappa shape index (κ2) is 7.29. The molecule has 1 aromatic carbocycles. The number of benzene rings is 1. The third kappa shape index (κ3) is 3.78. The number of rotatable bonds is 5. The number of piperazine rings is 1.